The third-order valence-electron chi connectivity index (χ3n) is 5.23. The van der Waals surface area contributed by atoms with Gasteiger partial charge in [-0.3, -0.25) is 9.78 Å². The van der Waals surface area contributed by atoms with Gasteiger partial charge in [-0.15, -0.1) is 0 Å². The molecule has 0 saturated carbocycles. The van der Waals surface area contributed by atoms with Crippen LogP contribution in [0.1, 0.15) is 70.0 Å². The van der Waals surface area contributed by atoms with Crippen LogP contribution in [0.15, 0.2) is 22.7 Å². The Labute approximate surface area is 162 Å². The molecule has 1 fully saturated rings. The highest BCUT2D eigenvalue weighted by Crippen LogP contribution is 2.32. The van der Waals surface area contributed by atoms with E-state index in [1.54, 1.807) is 0 Å². The average molecular weight is 370 g/mol. The second-order valence-corrected chi connectivity index (χ2v) is 8.76. The average Bonchev–Trinajstić information content (AvgIpc) is 3.01. The summed E-state index contributed by atoms with van der Waals surface area (Å²) >= 11 is 0. The highest BCUT2D eigenvalue weighted by atomic mass is 16.5. The van der Waals surface area contributed by atoms with Crippen molar-refractivity contribution in [3.8, 4) is 11.3 Å². The van der Waals surface area contributed by atoms with Gasteiger partial charge in [-0.05, 0) is 37.3 Å². The van der Waals surface area contributed by atoms with Gasteiger partial charge in [0.25, 0.3) is 0 Å². The summed E-state index contributed by atoms with van der Waals surface area (Å²) in [6.45, 7) is 12.0. The Balaban J connectivity index is 1.71. The topological polar surface area (TPSA) is 59.2 Å². The number of carbonyl (C=O) groups excluding carboxylic acids is 1. The van der Waals surface area contributed by atoms with Crippen molar-refractivity contribution in [3.05, 3.63) is 35.3 Å². The van der Waals surface area contributed by atoms with Crippen LogP contribution < -0.4 is 0 Å². The number of pyridine rings is 1. The SMILES string of the molecule is CCc1onc(C)c1-c1cccc(C2CCN(C(=O)CC(C)(C)C)CC2)n1. The van der Waals surface area contributed by atoms with Crippen LogP contribution in [0.2, 0.25) is 0 Å². The molecule has 5 nitrogen and oxygen atoms in total. The lowest BCUT2D eigenvalue weighted by Gasteiger charge is -2.33. The molecule has 1 saturated heterocycles. The van der Waals surface area contributed by atoms with Crippen LogP contribution in [-0.2, 0) is 11.2 Å². The van der Waals surface area contributed by atoms with Gasteiger partial charge in [0.2, 0.25) is 5.91 Å². The third kappa shape index (κ3) is 4.57. The van der Waals surface area contributed by atoms with E-state index >= 15 is 0 Å². The molecule has 3 rings (SSSR count). The summed E-state index contributed by atoms with van der Waals surface area (Å²) in [5.74, 6) is 1.56. The first kappa shape index (κ1) is 19.6. The number of piperidine rings is 1. The van der Waals surface area contributed by atoms with E-state index in [4.69, 9.17) is 9.51 Å². The summed E-state index contributed by atoms with van der Waals surface area (Å²) in [5.41, 5.74) is 4.00. The molecule has 27 heavy (non-hydrogen) atoms. The molecule has 0 aromatic carbocycles. The molecule has 2 aromatic heterocycles. The van der Waals surface area contributed by atoms with E-state index in [-0.39, 0.29) is 11.3 Å². The molecule has 1 amide bonds. The zero-order chi connectivity index (χ0) is 19.6. The van der Waals surface area contributed by atoms with Crippen LogP contribution in [0.5, 0.6) is 0 Å². The second-order valence-electron chi connectivity index (χ2n) is 8.76. The summed E-state index contributed by atoms with van der Waals surface area (Å²) in [6.07, 6.45) is 3.35. The number of carbonyl (C=O) groups is 1. The smallest absolute Gasteiger partial charge is 0.223 e. The monoisotopic (exact) mass is 369 g/mol. The van der Waals surface area contributed by atoms with E-state index in [9.17, 15) is 4.79 Å². The maximum Gasteiger partial charge on any atom is 0.223 e. The van der Waals surface area contributed by atoms with E-state index in [1.807, 2.05) is 17.9 Å². The summed E-state index contributed by atoms with van der Waals surface area (Å²) in [5, 5.41) is 4.11. The Morgan fingerprint density at radius 1 is 1.26 bits per heavy atom. The maximum absolute atomic E-state index is 12.5. The highest BCUT2D eigenvalue weighted by Gasteiger charge is 2.27. The van der Waals surface area contributed by atoms with E-state index in [0.717, 1.165) is 60.8 Å². The molecule has 0 N–H and O–H groups in total. The Hall–Kier alpha value is -2.17. The Kier molecular flexibility index (Phi) is 5.68. The Morgan fingerprint density at radius 2 is 1.96 bits per heavy atom. The first-order chi connectivity index (χ1) is 12.8. The molecule has 0 atom stereocenters. The van der Waals surface area contributed by atoms with Crippen molar-refractivity contribution in [2.24, 2.45) is 5.41 Å². The van der Waals surface area contributed by atoms with Crippen molar-refractivity contribution in [1.82, 2.24) is 15.0 Å². The molecule has 146 valence electrons. The highest BCUT2D eigenvalue weighted by molar-refractivity contribution is 5.77. The number of hydrogen-bond acceptors (Lipinski definition) is 4. The normalized spacial score (nSPS) is 16.0. The number of likely N-dealkylation sites (tertiary alicyclic amines) is 1. The quantitative estimate of drug-likeness (QED) is 0.780. The van der Waals surface area contributed by atoms with Crippen molar-refractivity contribution in [2.45, 2.75) is 66.2 Å². The summed E-state index contributed by atoms with van der Waals surface area (Å²) in [6, 6.07) is 6.21. The molecule has 0 radical (unpaired) electrons. The van der Waals surface area contributed by atoms with Crippen molar-refractivity contribution in [3.63, 3.8) is 0 Å². The molecule has 3 heterocycles. The fraction of sp³-hybridized carbons (Fsp3) is 0.591. The van der Waals surface area contributed by atoms with Gasteiger partial charge in [0.15, 0.2) is 0 Å². The van der Waals surface area contributed by atoms with Gasteiger partial charge in [0.05, 0.1) is 17.0 Å². The van der Waals surface area contributed by atoms with Crippen molar-refractivity contribution >= 4 is 5.91 Å². The van der Waals surface area contributed by atoms with Gasteiger partial charge >= 0.3 is 0 Å². The third-order valence-corrected chi connectivity index (χ3v) is 5.23. The number of rotatable bonds is 4. The molecule has 0 spiro atoms. The zero-order valence-corrected chi connectivity index (χ0v) is 17.2. The van der Waals surface area contributed by atoms with E-state index in [2.05, 4.69) is 45.0 Å². The van der Waals surface area contributed by atoms with E-state index in [1.165, 1.54) is 0 Å². The summed E-state index contributed by atoms with van der Waals surface area (Å²) in [4.78, 5) is 19.4. The molecule has 1 aliphatic rings. The lowest BCUT2D eigenvalue weighted by atomic mass is 9.89. The molecule has 0 aliphatic carbocycles. The second kappa shape index (κ2) is 7.83. The van der Waals surface area contributed by atoms with Crippen molar-refractivity contribution in [2.75, 3.05) is 13.1 Å². The summed E-state index contributed by atoms with van der Waals surface area (Å²) < 4.78 is 5.43. The predicted octanol–water partition coefficient (Wildman–Crippen LogP) is 4.75. The number of aryl methyl sites for hydroxylation is 2. The molecule has 5 heteroatoms. The van der Waals surface area contributed by atoms with Crippen LogP contribution in [0, 0.1) is 12.3 Å². The number of aromatic nitrogens is 2. The molecule has 0 bridgehead atoms. The van der Waals surface area contributed by atoms with Crippen LogP contribution >= 0.6 is 0 Å². The fourth-order valence-electron chi connectivity index (χ4n) is 3.79. The van der Waals surface area contributed by atoms with Gasteiger partial charge in [-0.1, -0.05) is 38.9 Å². The molecule has 2 aromatic rings. The van der Waals surface area contributed by atoms with Gasteiger partial charge in [0.1, 0.15) is 5.76 Å². The molecule has 0 unspecified atom stereocenters. The number of amides is 1. The summed E-state index contributed by atoms with van der Waals surface area (Å²) in [7, 11) is 0. The van der Waals surface area contributed by atoms with Gasteiger partial charge in [-0.2, -0.15) is 0 Å². The Morgan fingerprint density at radius 3 is 2.59 bits per heavy atom. The van der Waals surface area contributed by atoms with Gasteiger partial charge in [0, 0.05) is 37.5 Å². The van der Waals surface area contributed by atoms with Crippen LogP contribution in [0.3, 0.4) is 0 Å². The van der Waals surface area contributed by atoms with Gasteiger partial charge in [-0.25, -0.2) is 0 Å². The van der Waals surface area contributed by atoms with Crippen molar-refractivity contribution < 1.29 is 9.32 Å². The predicted molar refractivity (Wildman–Crippen MR) is 106 cm³/mol. The lowest BCUT2D eigenvalue weighted by Crippen LogP contribution is -2.39. The minimum atomic E-state index is 0.0390. The first-order valence-electron chi connectivity index (χ1n) is 9.98. The largest absolute Gasteiger partial charge is 0.360 e. The number of nitrogens with zero attached hydrogens (tertiary/aromatic N) is 3. The maximum atomic E-state index is 12.5. The Bertz CT molecular complexity index is 796. The number of hydrogen-bond donors (Lipinski definition) is 0. The molecule has 1 aliphatic heterocycles. The zero-order valence-electron chi connectivity index (χ0n) is 17.2. The van der Waals surface area contributed by atoms with Crippen molar-refractivity contribution in [1.29, 1.82) is 0 Å². The van der Waals surface area contributed by atoms with E-state index in [0.29, 0.717) is 12.3 Å². The van der Waals surface area contributed by atoms with Gasteiger partial charge < -0.3 is 9.42 Å². The minimum Gasteiger partial charge on any atom is -0.360 e. The molecular formula is C22H31N3O2. The molecular weight excluding hydrogens is 338 g/mol. The first-order valence-corrected chi connectivity index (χ1v) is 9.98. The fourth-order valence-corrected chi connectivity index (χ4v) is 3.79. The van der Waals surface area contributed by atoms with Crippen LogP contribution in [0.25, 0.3) is 11.3 Å². The standard InChI is InChI=1S/C22H31N3O2/c1-6-19-21(15(2)24-27-19)18-9-7-8-17(23-18)16-10-12-25(13-11-16)20(26)14-22(3,4)5/h7-9,16H,6,10-14H2,1-5H3. The lowest BCUT2D eigenvalue weighted by molar-refractivity contribution is -0.134. The van der Waals surface area contributed by atoms with Crippen LogP contribution in [0.4, 0.5) is 0 Å². The van der Waals surface area contributed by atoms with E-state index < -0.39 is 0 Å². The minimum absolute atomic E-state index is 0.0390. The van der Waals surface area contributed by atoms with Crippen LogP contribution in [-0.4, -0.2) is 34.0 Å².